The lowest BCUT2D eigenvalue weighted by Crippen LogP contribution is -2.13. The zero-order valence-corrected chi connectivity index (χ0v) is 10.1. The minimum absolute atomic E-state index is 0.344. The van der Waals surface area contributed by atoms with Crippen LogP contribution in [-0.2, 0) is 9.84 Å². The Hall–Kier alpha value is -1.81. The van der Waals surface area contributed by atoms with Crippen LogP contribution in [0.5, 0.6) is 0 Å². The highest BCUT2D eigenvalue weighted by Gasteiger charge is 2.28. The van der Waals surface area contributed by atoms with E-state index >= 15 is 0 Å². The number of para-hydroxylation sites is 1. The van der Waals surface area contributed by atoms with Gasteiger partial charge in [-0.2, -0.15) is 0 Å². The Morgan fingerprint density at radius 3 is 2.47 bits per heavy atom. The van der Waals surface area contributed by atoms with Crippen molar-refractivity contribution in [1.82, 2.24) is 0 Å². The first-order valence-electron chi connectivity index (χ1n) is 5.31. The molecule has 0 fully saturated rings. The van der Waals surface area contributed by atoms with Gasteiger partial charge in [-0.1, -0.05) is 18.2 Å². The minimum Gasteiger partial charge on any atom is -0.353 e. The number of nitrogens with one attached hydrogen (secondary N) is 1. The van der Waals surface area contributed by atoms with Crippen molar-refractivity contribution < 1.29 is 8.42 Å². The van der Waals surface area contributed by atoms with Gasteiger partial charge in [0.2, 0.25) is 9.84 Å². The van der Waals surface area contributed by atoms with E-state index in [1.54, 1.807) is 24.3 Å². The lowest BCUT2D eigenvalue weighted by molar-refractivity contribution is 0.596. The topological polar surface area (TPSA) is 46.2 Å². The largest absolute Gasteiger partial charge is 0.353 e. The molecule has 0 saturated carbocycles. The fourth-order valence-corrected chi connectivity index (χ4v) is 3.59. The predicted molar refractivity (Wildman–Crippen MR) is 66.4 cm³/mol. The summed E-state index contributed by atoms with van der Waals surface area (Å²) < 4.78 is 24.7. The van der Waals surface area contributed by atoms with Crippen molar-refractivity contribution in [3.05, 3.63) is 48.0 Å². The molecule has 1 aliphatic rings. The molecule has 1 N–H and O–H groups in total. The van der Waals surface area contributed by atoms with Gasteiger partial charge in [0.25, 0.3) is 0 Å². The maximum atomic E-state index is 12.4. The van der Waals surface area contributed by atoms with Crippen molar-refractivity contribution in [2.75, 3.05) is 5.32 Å². The first-order chi connectivity index (χ1) is 8.09. The van der Waals surface area contributed by atoms with Gasteiger partial charge in [0.15, 0.2) is 0 Å². The lowest BCUT2D eigenvalue weighted by Gasteiger charge is -2.21. The molecule has 86 valence electrons. The molecule has 0 unspecified atom stereocenters. The summed E-state index contributed by atoms with van der Waals surface area (Å²) >= 11 is 0. The third-order valence-electron chi connectivity index (χ3n) is 2.87. The smallest absolute Gasteiger partial charge is 0.210 e. The van der Waals surface area contributed by atoms with Crippen molar-refractivity contribution in [3.63, 3.8) is 0 Å². The summed E-state index contributed by atoms with van der Waals surface area (Å²) in [6.45, 7) is 1.94. The molecule has 0 radical (unpaired) electrons. The fraction of sp³-hybridized carbons (Fsp3) is 0.0769. The van der Waals surface area contributed by atoms with Crippen molar-refractivity contribution >= 4 is 21.2 Å². The third kappa shape index (κ3) is 1.45. The van der Waals surface area contributed by atoms with Crippen LogP contribution in [0.15, 0.2) is 52.3 Å². The lowest BCUT2D eigenvalue weighted by atomic mass is 10.2. The molecule has 0 saturated heterocycles. The molecule has 0 bridgehead atoms. The van der Waals surface area contributed by atoms with Gasteiger partial charge in [-0.3, -0.25) is 0 Å². The molecule has 4 heteroatoms. The predicted octanol–water partition coefficient (Wildman–Crippen LogP) is 2.88. The molecule has 0 amide bonds. The molecule has 2 aromatic rings. The number of hydrogen-bond donors (Lipinski definition) is 1. The molecule has 1 heterocycles. The van der Waals surface area contributed by atoms with Gasteiger partial charge in [0.1, 0.15) is 0 Å². The van der Waals surface area contributed by atoms with Gasteiger partial charge in [-0.05, 0) is 36.8 Å². The zero-order valence-electron chi connectivity index (χ0n) is 9.27. The number of rotatable bonds is 0. The molecule has 3 rings (SSSR count). The van der Waals surface area contributed by atoms with E-state index in [-0.39, 0.29) is 0 Å². The summed E-state index contributed by atoms with van der Waals surface area (Å²) in [5.74, 6) is 0. The van der Waals surface area contributed by atoms with Gasteiger partial charge in [-0.25, -0.2) is 8.42 Å². The van der Waals surface area contributed by atoms with E-state index in [0.29, 0.717) is 21.2 Å². The number of fused-ring (bicyclic) bond motifs is 2. The highest BCUT2D eigenvalue weighted by molar-refractivity contribution is 7.92. The summed E-state index contributed by atoms with van der Waals surface area (Å²) in [6, 6.07) is 12.3. The Labute approximate surface area is 100 Å². The van der Waals surface area contributed by atoms with E-state index in [1.165, 1.54) is 0 Å². The fourth-order valence-electron chi connectivity index (χ4n) is 2.04. The molecule has 2 aromatic carbocycles. The van der Waals surface area contributed by atoms with Gasteiger partial charge in [0.05, 0.1) is 21.2 Å². The second-order valence-corrected chi connectivity index (χ2v) is 6.01. The van der Waals surface area contributed by atoms with Crippen LogP contribution in [0.1, 0.15) is 5.56 Å². The van der Waals surface area contributed by atoms with Gasteiger partial charge < -0.3 is 5.32 Å². The average Bonchev–Trinajstić information content (AvgIpc) is 2.28. The first-order valence-corrected chi connectivity index (χ1v) is 6.79. The Morgan fingerprint density at radius 1 is 0.941 bits per heavy atom. The highest BCUT2D eigenvalue weighted by atomic mass is 32.2. The Balaban J connectivity index is 2.35. The number of anilines is 2. The maximum Gasteiger partial charge on any atom is 0.210 e. The quantitative estimate of drug-likeness (QED) is 0.662. The number of benzene rings is 2. The van der Waals surface area contributed by atoms with E-state index in [0.717, 1.165) is 5.56 Å². The van der Waals surface area contributed by atoms with Crippen LogP contribution in [0.3, 0.4) is 0 Å². The molecule has 0 spiro atoms. The monoisotopic (exact) mass is 245 g/mol. The molecule has 17 heavy (non-hydrogen) atoms. The highest BCUT2D eigenvalue weighted by Crippen LogP contribution is 2.39. The van der Waals surface area contributed by atoms with Gasteiger partial charge in [0, 0.05) is 0 Å². The van der Waals surface area contributed by atoms with Crippen LogP contribution in [-0.4, -0.2) is 8.42 Å². The van der Waals surface area contributed by atoms with E-state index in [2.05, 4.69) is 5.32 Å². The first kappa shape index (κ1) is 10.4. The van der Waals surface area contributed by atoms with E-state index < -0.39 is 9.84 Å². The van der Waals surface area contributed by atoms with Crippen LogP contribution in [0.2, 0.25) is 0 Å². The minimum atomic E-state index is -3.38. The molecule has 3 nitrogen and oxygen atoms in total. The van der Waals surface area contributed by atoms with Gasteiger partial charge in [-0.15, -0.1) is 0 Å². The summed E-state index contributed by atoms with van der Waals surface area (Å²) in [5.41, 5.74) is 2.33. The second-order valence-electron chi connectivity index (χ2n) is 4.12. The Kier molecular flexibility index (Phi) is 2.03. The maximum absolute atomic E-state index is 12.4. The molecular formula is C13H11NO2S. The standard InChI is InChI=1S/C13H11NO2S/c1-9-6-7-13-11(8-9)14-10-4-2-3-5-12(10)17(13,15)16/h2-8,14H,1H3. The molecule has 0 atom stereocenters. The van der Waals surface area contributed by atoms with Crippen LogP contribution in [0, 0.1) is 6.92 Å². The molecule has 0 aliphatic carbocycles. The van der Waals surface area contributed by atoms with Crippen LogP contribution >= 0.6 is 0 Å². The average molecular weight is 245 g/mol. The van der Waals surface area contributed by atoms with Crippen LogP contribution in [0.4, 0.5) is 11.4 Å². The second kappa shape index (κ2) is 3.34. The van der Waals surface area contributed by atoms with Crippen LogP contribution < -0.4 is 5.32 Å². The van der Waals surface area contributed by atoms with Crippen molar-refractivity contribution in [2.24, 2.45) is 0 Å². The van der Waals surface area contributed by atoms with Gasteiger partial charge >= 0.3 is 0 Å². The van der Waals surface area contributed by atoms with Crippen LogP contribution in [0.25, 0.3) is 0 Å². The van der Waals surface area contributed by atoms with Crippen molar-refractivity contribution in [2.45, 2.75) is 16.7 Å². The molecular weight excluding hydrogens is 234 g/mol. The summed E-state index contributed by atoms with van der Waals surface area (Å²) in [6.07, 6.45) is 0. The Morgan fingerprint density at radius 2 is 1.65 bits per heavy atom. The summed E-state index contributed by atoms with van der Waals surface area (Å²) in [5, 5.41) is 3.16. The zero-order chi connectivity index (χ0) is 12.0. The normalized spacial score (nSPS) is 15.6. The number of hydrogen-bond acceptors (Lipinski definition) is 3. The Bertz CT molecular complexity index is 705. The molecule has 0 aromatic heterocycles. The summed E-state index contributed by atoms with van der Waals surface area (Å²) in [7, 11) is -3.38. The van der Waals surface area contributed by atoms with Crippen molar-refractivity contribution in [3.8, 4) is 0 Å². The van der Waals surface area contributed by atoms with E-state index in [4.69, 9.17) is 0 Å². The molecule has 1 aliphatic heterocycles. The number of sulfone groups is 1. The van der Waals surface area contributed by atoms with E-state index in [1.807, 2.05) is 25.1 Å². The number of aryl methyl sites for hydroxylation is 1. The SMILES string of the molecule is Cc1ccc2c(c1)Nc1ccccc1S2(=O)=O. The van der Waals surface area contributed by atoms with Crippen molar-refractivity contribution in [1.29, 1.82) is 0 Å². The van der Waals surface area contributed by atoms with E-state index in [9.17, 15) is 8.42 Å². The third-order valence-corrected chi connectivity index (χ3v) is 4.74. The summed E-state index contributed by atoms with van der Waals surface area (Å²) in [4.78, 5) is 0.693.